The first-order valence-electron chi connectivity index (χ1n) is 10.5. The summed E-state index contributed by atoms with van der Waals surface area (Å²) >= 11 is 22.0. The molecule has 3 aromatic carbocycles. The zero-order valence-corrected chi connectivity index (χ0v) is 22.5. The molecule has 0 amide bonds. The lowest BCUT2D eigenvalue weighted by Gasteiger charge is -2.15. The van der Waals surface area contributed by atoms with Gasteiger partial charge in [-0.15, -0.1) is 0 Å². The summed E-state index contributed by atoms with van der Waals surface area (Å²) in [5.41, 5.74) is 1.78. The van der Waals surface area contributed by atoms with Crippen LogP contribution in [-0.2, 0) is 6.61 Å². The van der Waals surface area contributed by atoms with E-state index in [1.54, 1.807) is 43.3 Å². The number of benzene rings is 3. The van der Waals surface area contributed by atoms with Crippen LogP contribution < -0.4 is 15.0 Å². The maximum atomic E-state index is 13.0. The quantitative estimate of drug-likeness (QED) is 0.211. The second-order valence-electron chi connectivity index (χ2n) is 7.48. The van der Waals surface area contributed by atoms with E-state index in [2.05, 4.69) is 26.0 Å². The van der Waals surface area contributed by atoms with Crippen molar-refractivity contribution in [1.82, 2.24) is 9.66 Å². The van der Waals surface area contributed by atoms with Crippen molar-refractivity contribution in [2.24, 2.45) is 5.10 Å². The Kier molecular flexibility index (Phi) is 8.02. The van der Waals surface area contributed by atoms with Crippen LogP contribution in [0.25, 0.3) is 10.9 Å². The largest absolute Gasteiger partial charge is 0.490 e. The van der Waals surface area contributed by atoms with Gasteiger partial charge in [-0.25, -0.2) is 4.98 Å². The third-order valence-corrected chi connectivity index (χ3v) is 6.50. The lowest BCUT2D eigenvalue weighted by atomic mass is 10.2. The molecule has 0 aliphatic carbocycles. The number of aromatic nitrogens is 2. The minimum Gasteiger partial charge on any atom is -0.490 e. The SMILES string of the molecule is CCOc1cc(C=Nn2c(C)nc3ccc(Br)cc3c2=O)cc(Cl)c1OCc1ccc(Cl)c(Cl)c1. The first kappa shape index (κ1) is 25.5. The molecule has 0 radical (unpaired) electrons. The number of ether oxygens (including phenoxy) is 2. The zero-order chi connectivity index (χ0) is 25.1. The summed E-state index contributed by atoms with van der Waals surface area (Å²) in [7, 11) is 0. The molecule has 0 saturated carbocycles. The molecule has 0 unspecified atom stereocenters. The molecular weight excluding hydrogens is 577 g/mol. The number of halogens is 4. The molecule has 180 valence electrons. The van der Waals surface area contributed by atoms with Gasteiger partial charge in [0.05, 0.1) is 38.8 Å². The number of hydrogen-bond acceptors (Lipinski definition) is 5. The summed E-state index contributed by atoms with van der Waals surface area (Å²) < 4.78 is 13.7. The molecule has 0 atom stereocenters. The van der Waals surface area contributed by atoms with Crippen LogP contribution in [0.15, 0.2) is 62.9 Å². The van der Waals surface area contributed by atoms with Gasteiger partial charge in [-0.1, -0.05) is 56.8 Å². The standard InChI is InChI=1S/C25H19BrCl3N3O3/c1-3-34-23-10-16(9-21(29)24(23)35-13-15-4-6-19(27)20(28)8-15)12-30-32-14(2)31-22-7-5-17(26)11-18(22)25(32)33/h4-12H,3,13H2,1-2H3. The van der Waals surface area contributed by atoms with Crippen molar-refractivity contribution in [2.45, 2.75) is 20.5 Å². The van der Waals surface area contributed by atoms with E-state index < -0.39 is 0 Å². The normalized spacial score (nSPS) is 11.4. The molecule has 0 aliphatic heterocycles. The van der Waals surface area contributed by atoms with Crippen molar-refractivity contribution in [2.75, 3.05) is 6.61 Å². The molecule has 0 fully saturated rings. The molecule has 1 heterocycles. The summed E-state index contributed by atoms with van der Waals surface area (Å²) in [6, 6.07) is 14.0. The first-order chi connectivity index (χ1) is 16.8. The highest BCUT2D eigenvalue weighted by molar-refractivity contribution is 9.10. The number of fused-ring (bicyclic) bond motifs is 1. The van der Waals surface area contributed by atoms with Crippen molar-refractivity contribution >= 4 is 67.9 Å². The van der Waals surface area contributed by atoms with Gasteiger partial charge in [-0.2, -0.15) is 9.78 Å². The molecular formula is C25H19BrCl3N3O3. The van der Waals surface area contributed by atoms with Gasteiger partial charge in [0.2, 0.25) is 0 Å². The summed E-state index contributed by atoms with van der Waals surface area (Å²) in [4.78, 5) is 17.5. The summed E-state index contributed by atoms with van der Waals surface area (Å²) in [6.45, 7) is 4.21. The third kappa shape index (κ3) is 5.81. The Balaban J connectivity index is 1.65. The van der Waals surface area contributed by atoms with E-state index in [4.69, 9.17) is 44.3 Å². The lowest BCUT2D eigenvalue weighted by molar-refractivity contribution is 0.269. The Morgan fingerprint density at radius 3 is 2.57 bits per heavy atom. The molecule has 0 N–H and O–H groups in total. The van der Waals surface area contributed by atoms with Crippen LogP contribution >= 0.6 is 50.7 Å². The van der Waals surface area contributed by atoms with Crippen LogP contribution in [0.3, 0.4) is 0 Å². The van der Waals surface area contributed by atoms with Crippen LogP contribution in [0.4, 0.5) is 0 Å². The molecule has 0 spiro atoms. The van der Waals surface area contributed by atoms with Crippen LogP contribution in [0.2, 0.25) is 15.1 Å². The summed E-state index contributed by atoms with van der Waals surface area (Å²) in [5.74, 6) is 1.30. The van der Waals surface area contributed by atoms with Gasteiger partial charge in [0.25, 0.3) is 5.56 Å². The average molecular weight is 596 g/mol. The van der Waals surface area contributed by atoms with Gasteiger partial charge in [-0.3, -0.25) is 4.79 Å². The molecule has 0 aliphatic rings. The molecule has 0 saturated heterocycles. The predicted molar refractivity (Wildman–Crippen MR) is 145 cm³/mol. The fourth-order valence-corrected chi connectivity index (χ4v) is 4.33. The van der Waals surface area contributed by atoms with E-state index in [1.807, 2.05) is 19.1 Å². The number of hydrogen-bond donors (Lipinski definition) is 0. The Hall–Kier alpha value is -2.58. The van der Waals surface area contributed by atoms with Crippen molar-refractivity contribution in [1.29, 1.82) is 0 Å². The first-order valence-corrected chi connectivity index (χ1v) is 12.5. The molecule has 4 aromatic rings. The molecule has 6 nitrogen and oxygen atoms in total. The van der Waals surface area contributed by atoms with Gasteiger partial charge in [-0.05, 0) is 67.4 Å². The third-order valence-electron chi connectivity index (χ3n) is 4.99. The molecule has 35 heavy (non-hydrogen) atoms. The van der Waals surface area contributed by atoms with Crippen molar-refractivity contribution in [3.63, 3.8) is 0 Å². The minimum absolute atomic E-state index is 0.219. The van der Waals surface area contributed by atoms with Crippen LogP contribution in [0.1, 0.15) is 23.9 Å². The smallest absolute Gasteiger partial charge is 0.282 e. The van der Waals surface area contributed by atoms with E-state index >= 15 is 0 Å². The molecule has 4 rings (SSSR count). The highest BCUT2D eigenvalue weighted by Gasteiger charge is 2.14. The van der Waals surface area contributed by atoms with Gasteiger partial charge in [0, 0.05) is 4.47 Å². The van der Waals surface area contributed by atoms with Crippen LogP contribution in [0.5, 0.6) is 11.5 Å². The Morgan fingerprint density at radius 1 is 1.03 bits per heavy atom. The fraction of sp³-hybridized carbons (Fsp3) is 0.160. The minimum atomic E-state index is -0.275. The molecule has 1 aromatic heterocycles. The summed E-state index contributed by atoms with van der Waals surface area (Å²) in [5, 5.41) is 6.06. The maximum absolute atomic E-state index is 13.0. The summed E-state index contributed by atoms with van der Waals surface area (Å²) in [6.07, 6.45) is 1.52. The van der Waals surface area contributed by atoms with Crippen molar-refractivity contribution in [3.05, 3.63) is 95.4 Å². The highest BCUT2D eigenvalue weighted by Crippen LogP contribution is 2.37. The van der Waals surface area contributed by atoms with E-state index in [9.17, 15) is 4.79 Å². The van der Waals surface area contributed by atoms with Gasteiger partial charge >= 0.3 is 0 Å². The van der Waals surface area contributed by atoms with Crippen LogP contribution in [-0.4, -0.2) is 22.5 Å². The topological polar surface area (TPSA) is 65.7 Å². The zero-order valence-electron chi connectivity index (χ0n) is 18.7. The molecule has 10 heteroatoms. The Bertz CT molecular complexity index is 1510. The van der Waals surface area contributed by atoms with Gasteiger partial charge < -0.3 is 9.47 Å². The van der Waals surface area contributed by atoms with Crippen molar-refractivity contribution < 1.29 is 9.47 Å². The Morgan fingerprint density at radius 2 is 1.83 bits per heavy atom. The van der Waals surface area contributed by atoms with E-state index in [-0.39, 0.29) is 12.2 Å². The highest BCUT2D eigenvalue weighted by atomic mass is 79.9. The van der Waals surface area contributed by atoms with E-state index in [1.165, 1.54) is 10.9 Å². The number of nitrogens with zero attached hydrogens (tertiary/aromatic N) is 3. The van der Waals surface area contributed by atoms with Gasteiger partial charge in [0.15, 0.2) is 11.5 Å². The van der Waals surface area contributed by atoms with E-state index in [0.29, 0.717) is 55.5 Å². The van der Waals surface area contributed by atoms with Gasteiger partial charge in [0.1, 0.15) is 12.4 Å². The predicted octanol–water partition coefficient (Wildman–Crippen LogP) is 7.29. The second kappa shape index (κ2) is 11.0. The number of rotatable bonds is 7. The van der Waals surface area contributed by atoms with E-state index in [0.717, 1.165) is 10.0 Å². The lowest BCUT2D eigenvalue weighted by Crippen LogP contribution is -2.20. The number of aryl methyl sites for hydroxylation is 1. The van der Waals surface area contributed by atoms with Crippen molar-refractivity contribution in [3.8, 4) is 11.5 Å². The average Bonchev–Trinajstić information content (AvgIpc) is 2.81. The maximum Gasteiger partial charge on any atom is 0.282 e. The monoisotopic (exact) mass is 593 g/mol. The second-order valence-corrected chi connectivity index (χ2v) is 9.62. The Labute approximate surface area is 225 Å². The van der Waals surface area contributed by atoms with Crippen LogP contribution in [0, 0.1) is 6.92 Å². The molecule has 0 bridgehead atoms. The fourth-order valence-electron chi connectivity index (χ4n) is 3.37.